The summed E-state index contributed by atoms with van der Waals surface area (Å²) in [6.45, 7) is 7.59. The van der Waals surface area contributed by atoms with Crippen molar-refractivity contribution in [1.29, 1.82) is 0 Å². The van der Waals surface area contributed by atoms with Gasteiger partial charge in [-0.05, 0) is 26.3 Å². The van der Waals surface area contributed by atoms with Crippen molar-refractivity contribution in [3.05, 3.63) is 35.9 Å². The van der Waals surface area contributed by atoms with E-state index in [2.05, 4.69) is 0 Å². The van der Waals surface area contributed by atoms with Crippen molar-refractivity contribution in [1.82, 2.24) is 0 Å². The van der Waals surface area contributed by atoms with Gasteiger partial charge in [-0.2, -0.15) is 0 Å². The molecule has 5 heteroatoms. The van der Waals surface area contributed by atoms with Crippen molar-refractivity contribution >= 4 is 6.16 Å². The molecule has 1 aromatic rings. The SMILES string of the molecule is CCOCCOCC(C)(OC(=O)OCC)c1ccccc1. The molecule has 0 radical (unpaired) electrons. The van der Waals surface area contributed by atoms with Crippen LogP contribution in [0.2, 0.25) is 0 Å². The summed E-state index contributed by atoms with van der Waals surface area (Å²) in [6, 6.07) is 9.48. The number of hydrogen-bond donors (Lipinski definition) is 0. The highest BCUT2D eigenvalue weighted by atomic mass is 16.7. The minimum atomic E-state index is -0.889. The van der Waals surface area contributed by atoms with Gasteiger partial charge in [0.25, 0.3) is 0 Å². The number of ether oxygens (including phenoxy) is 4. The predicted octanol–water partition coefficient (Wildman–Crippen LogP) is 3.13. The third kappa shape index (κ3) is 6.14. The van der Waals surface area contributed by atoms with Crippen LogP contribution in [0.3, 0.4) is 0 Å². The molecule has 21 heavy (non-hydrogen) atoms. The fourth-order valence-electron chi connectivity index (χ4n) is 1.82. The quantitative estimate of drug-likeness (QED) is 0.517. The maximum Gasteiger partial charge on any atom is 0.509 e. The van der Waals surface area contributed by atoms with E-state index in [1.165, 1.54) is 0 Å². The molecule has 0 aromatic heterocycles. The van der Waals surface area contributed by atoms with E-state index in [0.717, 1.165) is 5.56 Å². The number of carbonyl (C=O) groups is 1. The Morgan fingerprint density at radius 3 is 2.33 bits per heavy atom. The molecule has 0 aliphatic heterocycles. The summed E-state index contributed by atoms with van der Waals surface area (Å²) >= 11 is 0. The molecule has 0 spiro atoms. The van der Waals surface area contributed by atoms with Crippen molar-refractivity contribution in [2.45, 2.75) is 26.4 Å². The van der Waals surface area contributed by atoms with Gasteiger partial charge in [0.2, 0.25) is 0 Å². The number of hydrogen-bond acceptors (Lipinski definition) is 5. The Bertz CT molecular complexity index is 406. The topological polar surface area (TPSA) is 54.0 Å². The number of carbonyl (C=O) groups excluding carboxylic acids is 1. The van der Waals surface area contributed by atoms with Crippen LogP contribution >= 0.6 is 0 Å². The molecule has 1 aromatic carbocycles. The van der Waals surface area contributed by atoms with Gasteiger partial charge in [-0.3, -0.25) is 0 Å². The van der Waals surface area contributed by atoms with E-state index in [1.807, 2.05) is 37.3 Å². The zero-order valence-corrected chi connectivity index (χ0v) is 13.0. The van der Waals surface area contributed by atoms with Crippen LogP contribution in [-0.4, -0.2) is 39.2 Å². The second kappa shape index (κ2) is 9.37. The van der Waals surface area contributed by atoms with E-state index in [9.17, 15) is 4.79 Å². The highest BCUT2D eigenvalue weighted by molar-refractivity contribution is 5.61. The minimum absolute atomic E-state index is 0.239. The van der Waals surface area contributed by atoms with Crippen LogP contribution < -0.4 is 0 Å². The minimum Gasteiger partial charge on any atom is -0.435 e. The first kappa shape index (κ1) is 17.5. The predicted molar refractivity (Wildman–Crippen MR) is 79.2 cm³/mol. The molecular weight excluding hydrogens is 272 g/mol. The van der Waals surface area contributed by atoms with E-state index in [1.54, 1.807) is 13.8 Å². The molecule has 0 saturated heterocycles. The molecule has 1 rings (SSSR count). The molecule has 1 atom stereocenters. The third-order valence-electron chi connectivity index (χ3n) is 2.91. The zero-order chi connectivity index (χ0) is 15.6. The van der Waals surface area contributed by atoms with E-state index in [-0.39, 0.29) is 13.2 Å². The lowest BCUT2D eigenvalue weighted by molar-refractivity contribution is -0.0808. The Hall–Kier alpha value is -1.59. The molecule has 0 N–H and O–H groups in total. The monoisotopic (exact) mass is 296 g/mol. The normalized spacial score (nSPS) is 13.5. The molecule has 0 bridgehead atoms. The molecule has 0 fully saturated rings. The van der Waals surface area contributed by atoms with E-state index in [0.29, 0.717) is 19.8 Å². The highest BCUT2D eigenvalue weighted by Gasteiger charge is 2.32. The second-order valence-corrected chi connectivity index (χ2v) is 4.63. The second-order valence-electron chi connectivity index (χ2n) is 4.63. The first-order valence-electron chi connectivity index (χ1n) is 7.19. The highest BCUT2D eigenvalue weighted by Crippen LogP contribution is 2.26. The molecule has 0 saturated carbocycles. The van der Waals surface area contributed by atoms with Crippen LogP contribution in [-0.2, 0) is 24.5 Å². The number of rotatable bonds is 9. The molecule has 0 heterocycles. The largest absolute Gasteiger partial charge is 0.509 e. The smallest absolute Gasteiger partial charge is 0.435 e. The molecule has 0 aliphatic carbocycles. The summed E-state index contributed by atoms with van der Waals surface area (Å²) in [5.74, 6) is 0. The Morgan fingerprint density at radius 1 is 1.05 bits per heavy atom. The van der Waals surface area contributed by atoms with Crippen molar-refractivity contribution in [3.8, 4) is 0 Å². The average molecular weight is 296 g/mol. The third-order valence-corrected chi connectivity index (χ3v) is 2.91. The van der Waals surface area contributed by atoms with Gasteiger partial charge in [-0.1, -0.05) is 30.3 Å². The van der Waals surface area contributed by atoms with Gasteiger partial charge < -0.3 is 18.9 Å². The summed E-state index contributed by atoms with van der Waals surface area (Å²) in [6.07, 6.45) is -0.697. The lowest BCUT2D eigenvalue weighted by Crippen LogP contribution is -2.35. The average Bonchev–Trinajstić information content (AvgIpc) is 2.48. The summed E-state index contributed by atoms with van der Waals surface area (Å²) in [7, 11) is 0. The van der Waals surface area contributed by atoms with E-state index >= 15 is 0 Å². The van der Waals surface area contributed by atoms with Crippen LogP contribution in [0.4, 0.5) is 4.79 Å². The summed E-state index contributed by atoms with van der Waals surface area (Å²) in [5, 5.41) is 0. The standard InChI is InChI=1S/C16H24O5/c1-4-18-11-12-19-13-16(3,21-15(17)20-5-2)14-9-7-6-8-10-14/h6-10H,4-5,11-13H2,1-3H3. The molecule has 118 valence electrons. The van der Waals surface area contributed by atoms with Crippen LogP contribution in [0.25, 0.3) is 0 Å². The van der Waals surface area contributed by atoms with Gasteiger partial charge in [0.05, 0.1) is 26.4 Å². The van der Waals surface area contributed by atoms with Crippen molar-refractivity contribution in [2.75, 3.05) is 33.0 Å². The maximum atomic E-state index is 11.6. The van der Waals surface area contributed by atoms with Gasteiger partial charge in [0.15, 0.2) is 5.60 Å². The summed E-state index contributed by atoms with van der Waals surface area (Å²) < 4.78 is 21.1. The fraction of sp³-hybridized carbons (Fsp3) is 0.562. The Kier molecular flexibility index (Phi) is 7.79. The summed E-state index contributed by atoms with van der Waals surface area (Å²) in [5.41, 5.74) is -0.0332. The van der Waals surface area contributed by atoms with Gasteiger partial charge >= 0.3 is 6.16 Å². The maximum absolute atomic E-state index is 11.6. The Balaban J connectivity index is 2.67. The van der Waals surface area contributed by atoms with Crippen molar-refractivity contribution in [3.63, 3.8) is 0 Å². The first-order chi connectivity index (χ1) is 10.1. The number of benzene rings is 1. The van der Waals surface area contributed by atoms with Crippen LogP contribution in [0.1, 0.15) is 26.3 Å². The fourth-order valence-corrected chi connectivity index (χ4v) is 1.82. The molecule has 5 nitrogen and oxygen atoms in total. The first-order valence-corrected chi connectivity index (χ1v) is 7.19. The molecule has 1 unspecified atom stereocenters. The van der Waals surface area contributed by atoms with Gasteiger partial charge in [0, 0.05) is 6.61 Å². The van der Waals surface area contributed by atoms with E-state index < -0.39 is 11.8 Å². The van der Waals surface area contributed by atoms with Crippen LogP contribution in [0, 0.1) is 0 Å². The van der Waals surface area contributed by atoms with Crippen molar-refractivity contribution in [2.24, 2.45) is 0 Å². The summed E-state index contributed by atoms with van der Waals surface area (Å²) in [4.78, 5) is 11.6. The zero-order valence-electron chi connectivity index (χ0n) is 13.0. The van der Waals surface area contributed by atoms with Gasteiger partial charge in [-0.15, -0.1) is 0 Å². The molecule has 0 amide bonds. The lowest BCUT2D eigenvalue weighted by Gasteiger charge is -2.29. The van der Waals surface area contributed by atoms with Crippen molar-refractivity contribution < 1.29 is 23.7 Å². The van der Waals surface area contributed by atoms with Gasteiger partial charge in [-0.25, -0.2) is 4.79 Å². The lowest BCUT2D eigenvalue weighted by atomic mass is 9.97. The molecular formula is C16H24O5. The van der Waals surface area contributed by atoms with Crippen LogP contribution in [0.5, 0.6) is 0 Å². The van der Waals surface area contributed by atoms with Crippen LogP contribution in [0.15, 0.2) is 30.3 Å². The van der Waals surface area contributed by atoms with E-state index in [4.69, 9.17) is 18.9 Å². The Labute approximate surface area is 126 Å². The van der Waals surface area contributed by atoms with Gasteiger partial charge in [0.1, 0.15) is 0 Å². The molecule has 0 aliphatic rings. The Morgan fingerprint density at radius 2 is 1.71 bits per heavy atom.